The first-order valence-electron chi connectivity index (χ1n) is 14.9. The average molecular weight is 523 g/mol. The van der Waals surface area contributed by atoms with E-state index in [1.807, 2.05) is 0 Å². The SMILES string of the molecule is CCCc1cc(-c2ccc(-c3ccc(C)cc3C)cc2)c(CCC)cc1-c1ccc(-c2ccc(C)cc2C)cc1. The topological polar surface area (TPSA) is 0 Å². The number of rotatable bonds is 8. The zero-order chi connectivity index (χ0) is 28.2. The van der Waals surface area contributed by atoms with Crippen LogP contribution in [0.25, 0.3) is 44.5 Å². The fraction of sp³-hybridized carbons (Fsp3) is 0.250. The van der Waals surface area contributed by atoms with Crippen molar-refractivity contribution in [2.45, 2.75) is 67.2 Å². The van der Waals surface area contributed by atoms with Gasteiger partial charge in [0.05, 0.1) is 0 Å². The second kappa shape index (κ2) is 12.1. The van der Waals surface area contributed by atoms with Gasteiger partial charge < -0.3 is 0 Å². The summed E-state index contributed by atoms with van der Waals surface area (Å²) in [6.07, 6.45) is 4.42. The van der Waals surface area contributed by atoms with Crippen LogP contribution in [0, 0.1) is 27.7 Å². The third kappa shape index (κ3) is 5.82. The lowest BCUT2D eigenvalue weighted by molar-refractivity contribution is 0.907. The summed E-state index contributed by atoms with van der Waals surface area (Å²) in [4.78, 5) is 0. The van der Waals surface area contributed by atoms with Gasteiger partial charge in [-0.15, -0.1) is 0 Å². The summed E-state index contributed by atoms with van der Waals surface area (Å²) in [7, 11) is 0. The van der Waals surface area contributed by atoms with E-state index in [-0.39, 0.29) is 0 Å². The summed E-state index contributed by atoms with van der Waals surface area (Å²) < 4.78 is 0. The molecule has 0 saturated carbocycles. The molecule has 0 atom stereocenters. The van der Waals surface area contributed by atoms with Gasteiger partial charge in [0.25, 0.3) is 0 Å². The maximum absolute atomic E-state index is 2.48. The molecule has 0 heterocycles. The van der Waals surface area contributed by atoms with Crippen molar-refractivity contribution in [1.82, 2.24) is 0 Å². The molecule has 0 bridgehead atoms. The third-order valence-electron chi connectivity index (χ3n) is 8.15. The normalized spacial score (nSPS) is 11.2. The summed E-state index contributed by atoms with van der Waals surface area (Å²) >= 11 is 0. The Balaban J connectivity index is 1.53. The fourth-order valence-electron chi connectivity index (χ4n) is 6.11. The molecule has 5 aromatic carbocycles. The van der Waals surface area contributed by atoms with Crippen molar-refractivity contribution >= 4 is 0 Å². The predicted octanol–water partition coefficient (Wildman–Crippen LogP) is 11.5. The molecule has 0 N–H and O–H groups in total. The standard InChI is InChI=1S/C40H42/c1-7-9-35-25-40(34-19-15-32(16-20-34)38-22-12-28(4)24-30(38)6)36(10-8-2)26-39(35)33-17-13-31(14-18-33)37-21-11-27(3)23-29(37)5/h11-26H,7-10H2,1-6H3. The number of hydrogen-bond donors (Lipinski definition) is 0. The van der Waals surface area contributed by atoms with Crippen LogP contribution in [0.15, 0.2) is 97.1 Å². The van der Waals surface area contributed by atoms with Crippen molar-refractivity contribution in [3.8, 4) is 44.5 Å². The van der Waals surface area contributed by atoms with Crippen molar-refractivity contribution in [2.75, 3.05) is 0 Å². The average Bonchev–Trinajstić information content (AvgIpc) is 2.94. The zero-order valence-electron chi connectivity index (χ0n) is 25.1. The highest BCUT2D eigenvalue weighted by Crippen LogP contribution is 2.36. The fourth-order valence-corrected chi connectivity index (χ4v) is 6.11. The maximum Gasteiger partial charge on any atom is -0.0149 e. The van der Waals surface area contributed by atoms with Gasteiger partial charge in [0, 0.05) is 0 Å². The van der Waals surface area contributed by atoms with Crippen LogP contribution in [0.3, 0.4) is 0 Å². The van der Waals surface area contributed by atoms with Gasteiger partial charge in [-0.1, -0.05) is 135 Å². The molecule has 0 heteroatoms. The highest BCUT2D eigenvalue weighted by molar-refractivity contribution is 5.80. The molecule has 0 nitrogen and oxygen atoms in total. The van der Waals surface area contributed by atoms with E-state index >= 15 is 0 Å². The van der Waals surface area contributed by atoms with Gasteiger partial charge >= 0.3 is 0 Å². The molecule has 0 unspecified atom stereocenters. The molecule has 0 fully saturated rings. The molecule has 0 aliphatic heterocycles. The van der Waals surface area contributed by atoms with Crippen molar-refractivity contribution in [2.24, 2.45) is 0 Å². The number of hydrogen-bond acceptors (Lipinski definition) is 0. The summed E-state index contributed by atoms with van der Waals surface area (Å²) in [6.45, 7) is 13.3. The molecular formula is C40H42. The maximum atomic E-state index is 2.48. The molecule has 0 spiro atoms. The first-order chi connectivity index (χ1) is 19.4. The van der Waals surface area contributed by atoms with Crippen molar-refractivity contribution in [3.63, 3.8) is 0 Å². The first kappa shape index (κ1) is 27.7. The Hall–Kier alpha value is -3.90. The molecular weight excluding hydrogens is 480 g/mol. The summed E-state index contributed by atoms with van der Waals surface area (Å²) in [6, 6.07) is 36.9. The molecule has 0 aliphatic carbocycles. The minimum absolute atomic E-state index is 1.08. The van der Waals surface area contributed by atoms with E-state index in [0.29, 0.717) is 0 Å². The van der Waals surface area contributed by atoms with Gasteiger partial charge in [-0.3, -0.25) is 0 Å². The number of benzene rings is 5. The van der Waals surface area contributed by atoms with Crippen LogP contribution in [-0.2, 0) is 12.8 Å². The van der Waals surface area contributed by atoms with Crippen LogP contribution in [-0.4, -0.2) is 0 Å². The Kier molecular flexibility index (Phi) is 8.36. The molecule has 5 rings (SSSR count). The Morgan fingerprint density at radius 3 is 1.00 bits per heavy atom. The lowest BCUT2D eigenvalue weighted by Crippen LogP contribution is -1.97. The molecule has 0 radical (unpaired) electrons. The smallest absolute Gasteiger partial charge is 0.0149 e. The van der Waals surface area contributed by atoms with E-state index < -0.39 is 0 Å². The second-order valence-electron chi connectivity index (χ2n) is 11.5. The second-order valence-corrected chi connectivity index (χ2v) is 11.5. The Labute approximate surface area is 241 Å². The van der Waals surface area contributed by atoms with E-state index in [1.54, 1.807) is 0 Å². The van der Waals surface area contributed by atoms with Crippen molar-refractivity contribution in [3.05, 3.63) is 130 Å². The molecule has 0 aliphatic rings. The zero-order valence-corrected chi connectivity index (χ0v) is 25.1. The Morgan fingerprint density at radius 2 is 0.700 bits per heavy atom. The van der Waals surface area contributed by atoms with Gasteiger partial charge in [0.1, 0.15) is 0 Å². The van der Waals surface area contributed by atoms with Crippen LogP contribution in [0.5, 0.6) is 0 Å². The van der Waals surface area contributed by atoms with Crippen molar-refractivity contribution in [1.29, 1.82) is 0 Å². The summed E-state index contributed by atoms with van der Waals surface area (Å²) in [5.74, 6) is 0. The van der Waals surface area contributed by atoms with Gasteiger partial charge in [-0.05, 0) is 107 Å². The van der Waals surface area contributed by atoms with Gasteiger partial charge in [-0.25, -0.2) is 0 Å². The molecule has 5 aromatic rings. The quantitative estimate of drug-likeness (QED) is 0.190. The van der Waals surface area contributed by atoms with Crippen LogP contribution >= 0.6 is 0 Å². The van der Waals surface area contributed by atoms with Crippen LogP contribution in [0.1, 0.15) is 60.1 Å². The van der Waals surface area contributed by atoms with E-state index in [2.05, 4.69) is 139 Å². The van der Waals surface area contributed by atoms with E-state index in [1.165, 1.54) is 77.9 Å². The first-order valence-corrected chi connectivity index (χ1v) is 14.9. The molecule has 0 amide bonds. The number of aryl methyl sites for hydroxylation is 6. The predicted molar refractivity (Wildman–Crippen MR) is 175 cm³/mol. The van der Waals surface area contributed by atoms with E-state index in [9.17, 15) is 0 Å². The molecule has 40 heavy (non-hydrogen) atoms. The molecule has 202 valence electrons. The largest absolute Gasteiger partial charge is 0.0651 e. The summed E-state index contributed by atoms with van der Waals surface area (Å²) in [5, 5.41) is 0. The molecule has 0 saturated heterocycles. The highest BCUT2D eigenvalue weighted by Gasteiger charge is 2.14. The Morgan fingerprint density at radius 1 is 0.375 bits per heavy atom. The monoisotopic (exact) mass is 522 g/mol. The minimum Gasteiger partial charge on any atom is -0.0651 e. The van der Waals surface area contributed by atoms with E-state index in [4.69, 9.17) is 0 Å². The van der Waals surface area contributed by atoms with Crippen molar-refractivity contribution < 1.29 is 0 Å². The molecule has 0 aromatic heterocycles. The summed E-state index contributed by atoms with van der Waals surface area (Å²) in [5.41, 5.74) is 18.8. The van der Waals surface area contributed by atoms with Crippen LogP contribution < -0.4 is 0 Å². The van der Waals surface area contributed by atoms with Crippen LogP contribution in [0.2, 0.25) is 0 Å². The van der Waals surface area contributed by atoms with Gasteiger partial charge in [0.15, 0.2) is 0 Å². The van der Waals surface area contributed by atoms with Crippen LogP contribution in [0.4, 0.5) is 0 Å². The highest BCUT2D eigenvalue weighted by atomic mass is 14.2. The lowest BCUT2D eigenvalue weighted by atomic mass is 9.86. The van der Waals surface area contributed by atoms with Gasteiger partial charge in [-0.2, -0.15) is 0 Å². The Bertz CT molecular complexity index is 1490. The van der Waals surface area contributed by atoms with Gasteiger partial charge in [0.2, 0.25) is 0 Å². The minimum atomic E-state index is 1.08. The van der Waals surface area contributed by atoms with E-state index in [0.717, 1.165) is 25.7 Å². The third-order valence-corrected chi connectivity index (χ3v) is 8.15. The lowest BCUT2D eigenvalue weighted by Gasteiger charge is -2.18.